The molecule has 1 amide bonds. The van der Waals surface area contributed by atoms with Crippen LogP contribution in [0.5, 0.6) is 0 Å². The van der Waals surface area contributed by atoms with Crippen molar-refractivity contribution in [1.29, 1.82) is 0 Å². The highest BCUT2D eigenvalue weighted by atomic mass is 19.4. The number of furan rings is 1. The average Bonchev–Trinajstić information content (AvgIpc) is 3.52. The molecule has 1 atom stereocenters. The van der Waals surface area contributed by atoms with E-state index in [0.717, 1.165) is 18.6 Å². The van der Waals surface area contributed by atoms with Gasteiger partial charge in [0.2, 0.25) is 5.89 Å². The molecule has 5 rings (SSSR count). The number of amides is 1. The second-order valence-electron chi connectivity index (χ2n) is 7.45. The molecule has 2 aromatic carbocycles. The highest BCUT2D eigenvalue weighted by Crippen LogP contribution is 2.36. The zero-order chi connectivity index (χ0) is 21.6. The molecule has 0 unspecified atom stereocenters. The second kappa shape index (κ2) is 7.30. The van der Waals surface area contributed by atoms with Gasteiger partial charge in [0.15, 0.2) is 11.3 Å². The first kappa shape index (κ1) is 19.4. The van der Waals surface area contributed by atoms with E-state index in [0.29, 0.717) is 41.1 Å². The Morgan fingerprint density at radius 3 is 2.68 bits per heavy atom. The van der Waals surface area contributed by atoms with Gasteiger partial charge in [-0.1, -0.05) is 18.2 Å². The van der Waals surface area contributed by atoms with Crippen LogP contribution in [0.4, 0.5) is 13.2 Å². The van der Waals surface area contributed by atoms with Gasteiger partial charge in [-0.3, -0.25) is 4.79 Å². The summed E-state index contributed by atoms with van der Waals surface area (Å²) in [4.78, 5) is 19.0. The number of nitrogens with zero attached hydrogens (tertiary/aromatic N) is 2. The number of benzene rings is 2. The second-order valence-corrected chi connectivity index (χ2v) is 7.45. The predicted molar refractivity (Wildman–Crippen MR) is 106 cm³/mol. The Kier molecular flexibility index (Phi) is 4.57. The highest BCUT2D eigenvalue weighted by molar-refractivity contribution is 5.92. The van der Waals surface area contributed by atoms with Crippen molar-refractivity contribution in [2.45, 2.75) is 25.1 Å². The van der Waals surface area contributed by atoms with E-state index < -0.39 is 11.7 Å². The maximum absolute atomic E-state index is 13.1. The third-order valence-corrected chi connectivity index (χ3v) is 5.46. The van der Waals surface area contributed by atoms with Crippen LogP contribution in [0.2, 0.25) is 0 Å². The molecule has 0 spiro atoms. The van der Waals surface area contributed by atoms with Gasteiger partial charge < -0.3 is 13.7 Å². The van der Waals surface area contributed by atoms with Gasteiger partial charge in [0.25, 0.3) is 5.91 Å². The molecule has 1 saturated heterocycles. The van der Waals surface area contributed by atoms with Crippen LogP contribution >= 0.6 is 0 Å². The molecule has 2 aromatic heterocycles. The summed E-state index contributed by atoms with van der Waals surface area (Å²) in [6.45, 7) is 0.568. The molecule has 1 aliphatic rings. The Bertz CT molecular complexity index is 1240. The monoisotopic (exact) mass is 426 g/mol. The molecule has 0 radical (unpaired) electrons. The van der Waals surface area contributed by atoms with Crippen molar-refractivity contribution in [3.8, 4) is 11.1 Å². The molecule has 4 aromatic rings. The molecule has 1 aliphatic heterocycles. The van der Waals surface area contributed by atoms with Gasteiger partial charge in [-0.15, -0.1) is 0 Å². The summed E-state index contributed by atoms with van der Waals surface area (Å²) < 4.78 is 50.3. The third-order valence-electron chi connectivity index (χ3n) is 5.46. The fourth-order valence-electron chi connectivity index (χ4n) is 3.95. The first-order valence-corrected chi connectivity index (χ1v) is 9.83. The van der Waals surface area contributed by atoms with Crippen LogP contribution in [-0.2, 0) is 6.18 Å². The fourth-order valence-corrected chi connectivity index (χ4v) is 3.95. The van der Waals surface area contributed by atoms with Crippen molar-refractivity contribution in [1.82, 2.24) is 9.88 Å². The molecule has 0 bridgehead atoms. The summed E-state index contributed by atoms with van der Waals surface area (Å²) in [6.07, 6.45) is -1.44. The van der Waals surface area contributed by atoms with E-state index in [-0.39, 0.29) is 17.7 Å². The molecule has 0 aliphatic carbocycles. The highest BCUT2D eigenvalue weighted by Gasteiger charge is 2.35. The lowest BCUT2D eigenvalue weighted by Crippen LogP contribution is -2.30. The van der Waals surface area contributed by atoms with E-state index in [1.54, 1.807) is 41.3 Å². The lowest BCUT2D eigenvalue weighted by molar-refractivity contribution is -0.137. The van der Waals surface area contributed by atoms with E-state index >= 15 is 0 Å². The number of carbonyl (C=O) groups excluding carboxylic acids is 1. The SMILES string of the molecule is O=C(c1ccco1)N1CCC[C@@H]1c1nc2cc(-c3cccc(C(F)(F)F)c3)ccc2o1. The largest absolute Gasteiger partial charge is 0.459 e. The van der Waals surface area contributed by atoms with Gasteiger partial charge in [-0.05, 0) is 60.4 Å². The molecule has 0 saturated carbocycles. The number of aromatic nitrogens is 1. The predicted octanol–water partition coefficient (Wildman–Crippen LogP) is 6.08. The molecule has 5 nitrogen and oxygen atoms in total. The Morgan fingerprint density at radius 2 is 1.90 bits per heavy atom. The smallest absolute Gasteiger partial charge is 0.416 e. The van der Waals surface area contributed by atoms with E-state index in [1.807, 2.05) is 0 Å². The van der Waals surface area contributed by atoms with Crippen molar-refractivity contribution < 1.29 is 26.8 Å². The zero-order valence-electron chi connectivity index (χ0n) is 16.2. The lowest BCUT2D eigenvalue weighted by atomic mass is 10.0. The summed E-state index contributed by atoms with van der Waals surface area (Å²) in [6, 6.07) is 13.2. The Morgan fingerprint density at radius 1 is 1.06 bits per heavy atom. The van der Waals surface area contributed by atoms with Crippen LogP contribution in [0.3, 0.4) is 0 Å². The standard InChI is InChI=1S/C23H17F3N2O3/c24-23(25,26)16-5-1-4-14(12-16)15-8-9-19-17(13-15)27-21(31-19)18-6-2-10-28(18)22(29)20-7-3-11-30-20/h1,3-5,7-9,11-13,18H,2,6,10H2/t18-/m1/s1. The number of oxazole rings is 1. The maximum Gasteiger partial charge on any atom is 0.416 e. The van der Waals surface area contributed by atoms with Gasteiger partial charge in [-0.25, -0.2) is 4.98 Å². The molecule has 3 heterocycles. The Hall–Kier alpha value is -3.55. The molecule has 31 heavy (non-hydrogen) atoms. The normalized spacial score (nSPS) is 16.9. The van der Waals surface area contributed by atoms with E-state index in [2.05, 4.69) is 4.98 Å². The zero-order valence-corrected chi connectivity index (χ0v) is 16.2. The topological polar surface area (TPSA) is 59.5 Å². The number of fused-ring (bicyclic) bond motifs is 1. The van der Waals surface area contributed by atoms with Gasteiger partial charge in [0.05, 0.1) is 11.8 Å². The van der Waals surface area contributed by atoms with Crippen LogP contribution in [0, 0.1) is 0 Å². The fraction of sp³-hybridized carbons (Fsp3) is 0.217. The van der Waals surface area contributed by atoms with Crippen LogP contribution < -0.4 is 0 Å². The molecule has 0 N–H and O–H groups in total. The lowest BCUT2D eigenvalue weighted by Gasteiger charge is -2.20. The van der Waals surface area contributed by atoms with E-state index in [9.17, 15) is 18.0 Å². The van der Waals surface area contributed by atoms with Crippen LogP contribution in [0.1, 0.15) is 40.9 Å². The van der Waals surface area contributed by atoms with Crippen molar-refractivity contribution in [2.24, 2.45) is 0 Å². The minimum atomic E-state index is -4.41. The van der Waals surface area contributed by atoms with Gasteiger partial charge in [-0.2, -0.15) is 13.2 Å². The number of hydrogen-bond donors (Lipinski definition) is 0. The molecule has 1 fully saturated rings. The van der Waals surface area contributed by atoms with Crippen molar-refractivity contribution in [3.63, 3.8) is 0 Å². The Balaban J connectivity index is 1.47. The quantitative estimate of drug-likeness (QED) is 0.398. The van der Waals surface area contributed by atoms with E-state index in [1.165, 1.54) is 12.3 Å². The van der Waals surface area contributed by atoms with Crippen molar-refractivity contribution in [2.75, 3.05) is 6.54 Å². The minimum Gasteiger partial charge on any atom is -0.459 e. The summed E-state index contributed by atoms with van der Waals surface area (Å²) >= 11 is 0. The summed E-state index contributed by atoms with van der Waals surface area (Å²) in [7, 11) is 0. The molecular weight excluding hydrogens is 409 g/mol. The first-order valence-electron chi connectivity index (χ1n) is 9.83. The average molecular weight is 426 g/mol. The van der Waals surface area contributed by atoms with Crippen LogP contribution in [0.15, 0.2) is 69.7 Å². The number of carbonyl (C=O) groups is 1. The van der Waals surface area contributed by atoms with Crippen LogP contribution in [-0.4, -0.2) is 22.3 Å². The minimum absolute atomic E-state index is 0.223. The number of halogens is 3. The maximum atomic E-state index is 13.1. The van der Waals surface area contributed by atoms with Crippen molar-refractivity contribution in [3.05, 3.63) is 78.1 Å². The summed E-state index contributed by atoms with van der Waals surface area (Å²) in [5, 5.41) is 0. The number of hydrogen-bond acceptors (Lipinski definition) is 4. The van der Waals surface area contributed by atoms with Gasteiger partial charge in [0, 0.05) is 6.54 Å². The Labute approximate surface area is 175 Å². The molecular formula is C23H17F3N2O3. The summed E-state index contributed by atoms with van der Waals surface area (Å²) in [5.74, 6) is 0.447. The molecule has 158 valence electrons. The van der Waals surface area contributed by atoms with Crippen LogP contribution in [0.25, 0.3) is 22.2 Å². The van der Waals surface area contributed by atoms with E-state index in [4.69, 9.17) is 8.83 Å². The number of rotatable bonds is 3. The van der Waals surface area contributed by atoms with Crippen molar-refractivity contribution >= 4 is 17.0 Å². The van der Waals surface area contributed by atoms with Gasteiger partial charge in [0.1, 0.15) is 11.6 Å². The van der Waals surface area contributed by atoms with Gasteiger partial charge >= 0.3 is 6.18 Å². The number of alkyl halides is 3. The third kappa shape index (κ3) is 3.58. The number of likely N-dealkylation sites (tertiary alicyclic amines) is 1. The first-order chi connectivity index (χ1) is 14.9. The molecule has 8 heteroatoms. The summed E-state index contributed by atoms with van der Waals surface area (Å²) in [5.41, 5.74) is 1.39.